The lowest BCUT2D eigenvalue weighted by Crippen LogP contribution is -2.21. The summed E-state index contributed by atoms with van der Waals surface area (Å²) in [6.07, 6.45) is 0. The quantitative estimate of drug-likeness (QED) is 0.438. The fourth-order valence-electron chi connectivity index (χ4n) is 2.26. The van der Waals surface area contributed by atoms with Crippen molar-refractivity contribution in [2.24, 2.45) is 0 Å². The van der Waals surface area contributed by atoms with E-state index in [1.165, 1.54) is 13.0 Å². The maximum atomic E-state index is 12.1. The molecule has 0 atom stereocenters. The number of benzene rings is 2. The third-order valence-electron chi connectivity index (χ3n) is 3.77. The smallest absolute Gasteiger partial charge is 0.339 e. The first-order valence-electron chi connectivity index (χ1n) is 7.76. The predicted octanol–water partition coefficient (Wildman–Crippen LogP) is 3.57. The topological polar surface area (TPSA) is 142 Å². The number of rotatable bonds is 6. The summed E-state index contributed by atoms with van der Waals surface area (Å²) < 4.78 is 4.80. The number of esters is 1. The molecule has 2 rings (SSSR count). The van der Waals surface area contributed by atoms with Crippen LogP contribution in [-0.4, -0.2) is 28.3 Å². The Morgan fingerprint density at radius 2 is 1.64 bits per heavy atom. The molecular weight excluding hydrogens is 394 g/mol. The number of hydrogen-bond donors (Lipinski definition) is 1. The van der Waals surface area contributed by atoms with Gasteiger partial charge in [-0.25, -0.2) is 4.79 Å². The number of nitrogens with zero attached hydrogens (tertiary/aromatic N) is 2. The second-order valence-corrected chi connectivity index (χ2v) is 6.15. The predicted molar refractivity (Wildman–Crippen MR) is 99.6 cm³/mol. The molecule has 0 saturated carbocycles. The number of carbonyl (C=O) groups excluding carboxylic acids is 2. The molecule has 10 nitrogen and oxygen atoms in total. The zero-order chi connectivity index (χ0) is 21.0. The minimum Gasteiger partial charge on any atom is -0.452 e. The van der Waals surface area contributed by atoms with Crippen LogP contribution in [0.2, 0.25) is 5.02 Å². The van der Waals surface area contributed by atoms with Crippen LogP contribution in [0.3, 0.4) is 0 Å². The van der Waals surface area contributed by atoms with E-state index >= 15 is 0 Å². The Bertz CT molecular complexity index is 956. The molecule has 1 amide bonds. The normalized spacial score (nSPS) is 10.2. The van der Waals surface area contributed by atoms with E-state index in [4.69, 9.17) is 16.3 Å². The highest BCUT2D eigenvalue weighted by Crippen LogP contribution is 2.29. The van der Waals surface area contributed by atoms with Gasteiger partial charge in [0.1, 0.15) is 5.56 Å². The van der Waals surface area contributed by atoms with Crippen LogP contribution in [0.1, 0.15) is 21.5 Å². The Kier molecular flexibility index (Phi) is 6.26. The molecule has 0 aliphatic carbocycles. The highest BCUT2D eigenvalue weighted by Gasteiger charge is 2.26. The molecule has 0 saturated heterocycles. The number of aryl methyl sites for hydroxylation is 1. The molecule has 1 N–H and O–H groups in total. The summed E-state index contributed by atoms with van der Waals surface area (Å²) in [6, 6.07) is 6.54. The summed E-state index contributed by atoms with van der Waals surface area (Å²) in [5.74, 6) is -1.78. The number of amides is 1. The maximum absolute atomic E-state index is 12.1. The summed E-state index contributed by atoms with van der Waals surface area (Å²) >= 11 is 5.95. The van der Waals surface area contributed by atoms with Crippen LogP contribution in [0.15, 0.2) is 30.3 Å². The monoisotopic (exact) mass is 407 g/mol. The summed E-state index contributed by atoms with van der Waals surface area (Å²) in [6.45, 7) is 2.29. The van der Waals surface area contributed by atoms with Crippen LogP contribution in [0.4, 0.5) is 17.1 Å². The number of carbonyl (C=O) groups is 2. The van der Waals surface area contributed by atoms with Crippen molar-refractivity contribution in [1.82, 2.24) is 0 Å². The molecule has 2 aromatic carbocycles. The van der Waals surface area contributed by atoms with Gasteiger partial charge in [0.05, 0.1) is 15.4 Å². The number of nitrogens with one attached hydrogen (secondary N) is 1. The van der Waals surface area contributed by atoms with E-state index in [-0.39, 0.29) is 5.56 Å². The van der Waals surface area contributed by atoms with Gasteiger partial charge in [0.25, 0.3) is 17.3 Å². The van der Waals surface area contributed by atoms with Crippen molar-refractivity contribution in [3.63, 3.8) is 0 Å². The number of nitro benzene ring substituents is 2. The molecule has 11 heteroatoms. The van der Waals surface area contributed by atoms with Crippen molar-refractivity contribution in [3.8, 4) is 0 Å². The Labute approximate surface area is 163 Å². The molecule has 28 heavy (non-hydrogen) atoms. The lowest BCUT2D eigenvalue weighted by Gasteiger charge is -2.08. The zero-order valence-corrected chi connectivity index (χ0v) is 15.5. The molecule has 0 radical (unpaired) electrons. The summed E-state index contributed by atoms with van der Waals surface area (Å²) in [7, 11) is 0. The highest BCUT2D eigenvalue weighted by molar-refractivity contribution is 6.31. The Hall–Kier alpha value is -3.53. The molecule has 0 aliphatic heterocycles. The van der Waals surface area contributed by atoms with Crippen molar-refractivity contribution in [2.75, 3.05) is 11.9 Å². The second kappa shape index (κ2) is 8.44. The highest BCUT2D eigenvalue weighted by atomic mass is 35.5. The third-order valence-corrected chi connectivity index (χ3v) is 4.18. The van der Waals surface area contributed by atoms with E-state index in [0.29, 0.717) is 10.7 Å². The van der Waals surface area contributed by atoms with E-state index in [2.05, 4.69) is 5.32 Å². The summed E-state index contributed by atoms with van der Waals surface area (Å²) in [5.41, 5.74) is -0.595. The average molecular weight is 408 g/mol. The van der Waals surface area contributed by atoms with Gasteiger partial charge in [-0.3, -0.25) is 25.0 Å². The number of nitro groups is 2. The molecule has 0 aromatic heterocycles. The molecule has 0 fully saturated rings. The van der Waals surface area contributed by atoms with Crippen LogP contribution >= 0.6 is 11.6 Å². The second-order valence-electron chi connectivity index (χ2n) is 5.74. The Morgan fingerprint density at radius 1 is 1.07 bits per heavy atom. The Balaban J connectivity index is 2.12. The van der Waals surface area contributed by atoms with Gasteiger partial charge in [-0.2, -0.15) is 0 Å². The van der Waals surface area contributed by atoms with Gasteiger partial charge in [-0.1, -0.05) is 17.7 Å². The molecule has 0 bridgehead atoms. The van der Waals surface area contributed by atoms with Crippen LogP contribution in [0.5, 0.6) is 0 Å². The van der Waals surface area contributed by atoms with Crippen LogP contribution in [-0.2, 0) is 9.53 Å². The number of hydrogen-bond acceptors (Lipinski definition) is 7. The van der Waals surface area contributed by atoms with Gasteiger partial charge < -0.3 is 10.1 Å². The van der Waals surface area contributed by atoms with E-state index in [1.807, 2.05) is 0 Å². The lowest BCUT2D eigenvalue weighted by atomic mass is 10.1. The number of ether oxygens (including phenoxy) is 1. The minimum absolute atomic E-state index is 0.194. The fourth-order valence-corrected chi connectivity index (χ4v) is 2.44. The van der Waals surface area contributed by atoms with Gasteiger partial charge in [0, 0.05) is 22.8 Å². The molecule has 0 aliphatic rings. The number of anilines is 1. The standard InChI is InChI=1S/C17H14ClN3O7/c1-9-3-4-12(7-13(9)18)19-16(22)8-28-17(23)11-5-14(20(24)25)10(2)15(6-11)21(26)27/h3-7H,8H2,1-2H3,(H,19,22). The van der Waals surface area contributed by atoms with Gasteiger partial charge in [0.15, 0.2) is 6.61 Å². The number of halogens is 1. The molecule has 0 spiro atoms. The van der Waals surface area contributed by atoms with Crippen molar-refractivity contribution in [3.05, 3.63) is 72.3 Å². The van der Waals surface area contributed by atoms with Crippen LogP contribution in [0, 0.1) is 34.1 Å². The van der Waals surface area contributed by atoms with E-state index in [0.717, 1.165) is 17.7 Å². The average Bonchev–Trinajstić information content (AvgIpc) is 2.62. The first kappa shape index (κ1) is 20.8. The first-order valence-corrected chi connectivity index (χ1v) is 8.14. The molecule has 0 unspecified atom stereocenters. The molecular formula is C17H14ClN3O7. The van der Waals surface area contributed by atoms with E-state index in [9.17, 15) is 29.8 Å². The third kappa shape index (κ3) is 4.80. The van der Waals surface area contributed by atoms with Crippen molar-refractivity contribution < 1.29 is 24.2 Å². The maximum Gasteiger partial charge on any atom is 0.339 e. The van der Waals surface area contributed by atoms with Crippen molar-refractivity contribution >= 4 is 40.5 Å². The van der Waals surface area contributed by atoms with Gasteiger partial charge >= 0.3 is 5.97 Å². The fraction of sp³-hybridized carbons (Fsp3) is 0.176. The van der Waals surface area contributed by atoms with Crippen molar-refractivity contribution in [1.29, 1.82) is 0 Å². The Morgan fingerprint density at radius 3 is 2.14 bits per heavy atom. The van der Waals surface area contributed by atoms with Crippen molar-refractivity contribution in [2.45, 2.75) is 13.8 Å². The first-order chi connectivity index (χ1) is 13.1. The van der Waals surface area contributed by atoms with Crippen LogP contribution in [0.25, 0.3) is 0 Å². The summed E-state index contributed by atoms with van der Waals surface area (Å²) in [4.78, 5) is 44.4. The van der Waals surface area contributed by atoms with E-state index < -0.39 is 45.3 Å². The van der Waals surface area contributed by atoms with Gasteiger partial charge in [-0.15, -0.1) is 0 Å². The largest absolute Gasteiger partial charge is 0.452 e. The SMILES string of the molecule is Cc1ccc(NC(=O)COC(=O)c2cc([N+](=O)[O-])c(C)c([N+](=O)[O-])c2)cc1Cl. The van der Waals surface area contributed by atoms with Crippen LogP contribution < -0.4 is 5.32 Å². The minimum atomic E-state index is -1.11. The molecule has 2 aromatic rings. The van der Waals surface area contributed by atoms with E-state index in [1.54, 1.807) is 19.1 Å². The molecule has 146 valence electrons. The molecule has 0 heterocycles. The lowest BCUT2D eigenvalue weighted by molar-refractivity contribution is -0.395. The van der Waals surface area contributed by atoms with Gasteiger partial charge in [-0.05, 0) is 31.5 Å². The zero-order valence-electron chi connectivity index (χ0n) is 14.7. The summed E-state index contributed by atoms with van der Waals surface area (Å²) in [5, 5.41) is 25.0. The van der Waals surface area contributed by atoms with Gasteiger partial charge in [0.2, 0.25) is 0 Å².